The first-order valence-electron chi connectivity index (χ1n) is 9.31. The van der Waals surface area contributed by atoms with Crippen LogP contribution in [0.25, 0.3) is 10.9 Å². The van der Waals surface area contributed by atoms with Gasteiger partial charge in [-0.15, -0.1) is 0 Å². The number of benzene rings is 2. The highest BCUT2D eigenvalue weighted by Crippen LogP contribution is 2.25. The van der Waals surface area contributed by atoms with Gasteiger partial charge >= 0.3 is 0 Å². The van der Waals surface area contributed by atoms with Crippen molar-refractivity contribution < 1.29 is 4.74 Å². The third kappa shape index (κ3) is 3.32. The Balaban J connectivity index is 1.55. The summed E-state index contributed by atoms with van der Waals surface area (Å²) in [4.78, 5) is 18.3. The Kier molecular flexibility index (Phi) is 4.65. The predicted octanol–water partition coefficient (Wildman–Crippen LogP) is 4.41. The number of anilines is 1. The van der Waals surface area contributed by atoms with Crippen molar-refractivity contribution in [3.05, 3.63) is 70.0 Å². The van der Waals surface area contributed by atoms with E-state index in [0.717, 1.165) is 41.0 Å². The van der Waals surface area contributed by atoms with Crippen molar-refractivity contribution in [1.82, 2.24) is 4.98 Å². The average Bonchev–Trinajstić information content (AvgIpc) is 2.70. The minimum absolute atomic E-state index is 0.0695. The zero-order valence-electron chi connectivity index (χ0n) is 15.1. The molecular weight excluding hydrogens is 324 g/mol. The van der Waals surface area contributed by atoms with E-state index in [9.17, 15) is 4.79 Å². The van der Waals surface area contributed by atoms with Gasteiger partial charge in [-0.3, -0.25) is 4.79 Å². The van der Waals surface area contributed by atoms with Crippen LogP contribution in [0.2, 0.25) is 0 Å². The van der Waals surface area contributed by atoms with E-state index in [-0.39, 0.29) is 5.43 Å². The molecule has 0 amide bonds. The van der Waals surface area contributed by atoms with Gasteiger partial charge in [0.1, 0.15) is 12.4 Å². The molecule has 3 aromatic rings. The molecule has 2 heterocycles. The van der Waals surface area contributed by atoms with Crippen molar-refractivity contribution in [2.75, 3.05) is 18.0 Å². The molecule has 4 nitrogen and oxygen atoms in total. The first-order valence-corrected chi connectivity index (χ1v) is 9.31. The van der Waals surface area contributed by atoms with Gasteiger partial charge in [0.05, 0.1) is 5.69 Å². The molecule has 0 atom stereocenters. The molecule has 0 radical (unpaired) electrons. The van der Waals surface area contributed by atoms with Crippen LogP contribution >= 0.6 is 0 Å². The number of aromatic nitrogens is 1. The average molecular weight is 348 g/mol. The highest BCUT2D eigenvalue weighted by Gasteiger charge is 2.12. The lowest BCUT2D eigenvalue weighted by molar-refractivity contribution is 0.301. The summed E-state index contributed by atoms with van der Waals surface area (Å²) in [6, 6.07) is 15.8. The molecule has 0 aliphatic carbocycles. The first-order chi connectivity index (χ1) is 12.7. The van der Waals surface area contributed by atoms with Gasteiger partial charge in [0, 0.05) is 41.3 Å². The first kappa shape index (κ1) is 16.7. The second-order valence-electron chi connectivity index (χ2n) is 6.94. The normalized spacial score (nSPS) is 14.6. The number of nitrogens with zero attached hydrogens (tertiary/aromatic N) is 1. The van der Waals surface area contributed by atoms with E-state index in [1.54, 1.807) is 0 Å². The number of nitrogens with one attached hydrogen (secondary N) is 1. The van der Waals surface area contributed by atoms with Gasteiger partial charge in [-0.05, 0) is 50.5 Å². The molecule has 4 rings (SSSR count). The summed E-state index contributed by atoms with van der Waals surface area (Å²) < 4.78 is 6.01. The number of fused-ring (bicyclic) bond motifs is 1. The van der Waals surface area contributed by atoms with Crippen molar-refractivity contribution in [3.63, 3.8) is 0 Å². The van der Waals surface area contributed by atoms with E-state index >= 15 is 0 Å². The molecule has 4 heteroatoms. The van der Waals surface area contributed by atoms with Crippen LogP contribution in [0, 0.1) is 6.92 Å². The number of rotatable bonds is 4. The van der Waals surface area contributed by atoms with Crippen molar-refractivity contribution >= 4 is 16.6 Å². The fourth-order valence-corrected chi connectivity index (χ4v) is 3.61. The fourth-order valence-electron chi connectivity index (χ4n) is 3.61. The molecule has 0 saturated carbocycles. The second-order valence-corrected chi connectivity index (χ2v) is 6.94. The van der Waals surface area contributed by atoms with E-state index in [4.69, 9.17) is 4.74 Å². The number of pyridine rings is 1. The van der Waals surface area contributed by atoms with Gasteiger partial charge in [0.15, 0.2) is 5.43 Å². The van der Waals surface area contributed by atoms with E-state index in [1.165, 1.54) is 24.9 Å². The van der Waals surface area contributed by atoms with Crippen LogP contribution in [0.4, 0.5) is 5.69 Å². The number of hydrogen-bond acceptors (Lipinski definition) is 3. The summed E-state index contributed by atoms with van der Waals surface area (Å²) in [7, 11) is 0. The molecule has 0 spiro atoms. The lowest BCUT2D eigenvalue weighted by atomic mass is 10.1. The van der Waals surface area contributed by atoms with Gasteiger partial charge in [0.2, 0.25) is 0 Å². The summed E-state index contributed by atoms with van der Waals surface area (Å²) in [6.45, 7) is 4.44. The van der Waals surface area contributed by atoms with Crippen molar-refractivity contribution in [2.45, 2.75) is 32.8 Å². The maximum absolute atomic E-state index is 12.5. The molecule has 1 aliphatic rings. The molecular formula is C22H24N2O2. The Labute approximate surface area is 153 Å². The van der Waals surface area contributed by atoms with E-state index < -0.39 is 0 Å². The summed E-state index contributed by atoms with van der Waals surface area (Å²) in [5, 5.41) is 0.723. The minimum atomic E-state index is 0.0695. The van der Waals surface area contributed by atoms with Crippen LogP contribution in [0.1, 0.15) is 30.5 Å². The number of para-hydroxylation sites is 1. The topological polar surface area (TPSA) is 45.3 Å². The maximum atomic E-state index is 12.5. The molecule has 1 N–H and O–H groups in total. The number of aromatic amines is 1. The van der Waals surface area contributed by atoms with E-state index in [0.29, 0.717) is 6.61 Å². The summed E-state index contributed by atoms with van der Waals surface area (Å²) in [5.74, 6) is 0.835. The predicted molar refractivity (Wildman–Crippen MR) is 106 cm³/mol. The third-order valence-electron chi connectivity index (χ3n) is 5.17. The largest absolute Gasteiger partial charge is 0.487 e. The second kappa shape index (κ2) is 7.24. The fraction of sp³-hybridized carbons (Fsp3) is 0.318. The number of H-pyrrole nitrogens is 1. The summed E-state index contributed by atoms with van der Waals surface area (Å²) in [5.41, 5.74) is 3.68. The summed E-state index contributed by atoms with van der Waals surface area (Å²) >= 11 is 0. The Bertz CT molecular complexity index is 971. The van der Waals surface area contributed by atoms with Crippen LogP contribution in [-0.4, -0.2) is 18.1 Å². The molecule has 1 aromatic heterocycles. The van der Waals surface area contributed by atoms with Crippen LogP contribution in [0.15, 0.2) is 53.3 Å². The number of hydrogen-bond donors (Lipinski definition) is 1. The molecule has 26 heavy (non-hydrogen) atoms. The quantitative estimate of drug-likeness (QED) is 0.760. The van der Waals surface area contributed by atoms with Crippen LogP contribution in [0.5, 0.6) is 5.75 Å². The monoisotopic (exact) mass is 348 g/mol. The zero-order chi connectivity index (χ0) is 17.9. The van der Waals surface area contributed by atoms with Crippen molar-refractivity contribution in [3.8, 4) is 5.75 Å². The molecule has 1 fully saturated rings. The van der Waals surface area contributed by atoms with Crippen LogP contribution < -0.4 is 15.1 Å². The summed E-state index contributed by atoms with van der Waals surface area (Å²) in [6.07, 6.45) is 3.83. The van der Waals surface area contributed by atoms with Crippen LogP contribution in [0.3, 0.4) is 0 Å². The Morgan fingerprint density at radius 2 is 1.85 bits per heavy atom. The van der Waals surface area contributed by atoms with Gasteiger partial charge in [0.25, 0.3) is 0 Å². The minimum Gasteiger partial charge on any atom is -0.487 e. The van der Waals surface area contributed by atoms with Crippen molar-refractivity contribution in [1.29, 1.82) is 0 Å². The number of ether oxygens (including phenoxy) is 1. The Morgan fingerprint density at radius 3 is 2.69 bits per heavy atom. The molecule has 1 saturated heterocycles. The zero-order valence-corrected chi connectivity index (χ0v) is 15.1. The van der Waals surface area contributed by atoms with Gasteiger partial charge in [-0.25, -0.2) is 0 Å². The maximum Gasteiger partial charge on any atom is 0.192 e. The Hall–Kier alpha value is -2.75. The highest BCUT2D eigenvalue weighted by molar-refractivity contribution is 5.79. The van der Waals surface area contributed by atoms with Crippen molar-refractivity contribution in [2.24, 2.45) is 0 Å². The van der Waals surface area contributed by atoms with Crippen LogP contribution in [-0.2, 0) is 6.61 Å². The highest BCUT2D eigenvalue weighted by atomic mass is 16.5. The third-order valence-corrected chi connectivity index (χ3v) is 5.17. The molecule has 2 aromatic carbocycles. The van der Waals surface area contributed by atoms with Gasteiger partial charge < -0.3 is 14.6 Å². The molecule has 1 aliphatic heterocycles. The standard InChI is InChI=1S/C22H24N2O2/c1-16-21(23-20-11-4-3-10-19(20)22(16)25)15-26-18-9-7-8-17(14-18)24-12-5-2-6-13-24/h3-4,7-11,14H,2,5-6,12-13,15H2,1H3,(H,23,25). The smallest absolute Gasteiger partial charge is 0.192 e. The Morgan fingerprint density at radius 1 is 1.04 bits per heavy atom. The van der Waals surface area contributed by atoms with Gasteiger partial charge in [-0.2, -0.15) is 0 Å². The molecule has 134 valence electrons. The number of piperidine rings is 1. The lowest BCUT2D eigenvalue weighted by Crippen LogP contribution is -2.29. The van der Waals surface area contributed by atoms with E-state index in [2.05, 4.69) is 22.0 Å². The lowest BCUT2D eigenvalue weighted by Gasteiger charge is -2.29. The molecule has 0 unspecified atom stereocenters. The van der Waals surface area contributed by atoms with Gasteiger partial charge in [-0.1, -0.05) is 18.2 Å². The van der Waals surface area contributed by atoms with E-state index in [1.807, 2.05) is 43.3 Å². The SMILES string of the molecule is Cc1c(COc2cccc(N3CCCCC3)c2)[nH]c2ccccc2c1=O. The molecule has 0 bridgehead atoms.